The molecular weight excluding hydrogens is 521 g/mol. The van der Waals surface area contributed by atoms with Gasteiger partial charge in [-0.1, -0.05) is 11.2 Å². The fourth-order valence-electron chi connectivity index (χ4n) is 5.96. The van der Waals surface area contributed by atoms with Crippen LogP contribution in [0.15, 0.2) is 53.6 Å². The summed E-state index contributed by atoms with van der Waals surface area (Å²) < 4.78 is 55.9. The summed E-state index contributed by atoms with van der Waals surface area (Å²) in [6, 6.07) is 7.57. The summed E-state index contributed by atoms with van der Waals surface area (Å²) >= 11 is 0. The van der Waals surface area contributed by atoms with Crippen molar-refractivity contribution in [3.63, 3.8) is 0 Å². The maximum absolute atomic E-state index is 14.4. The number of fused-ring (bicyclic) bond motifs is 1. The molecule has 0 aliphatic carbocycles. The molecule has 3 aromatic rings. The molecule has 4 heterocycles. The van der Waals surface area contributed by atoms with E-state index in [0.717, 1.165) is 60.3 Å². The Morgan fingerprint density at radius 1 is 1.07 bits per heavy atom. The molecular formula is C30H31F3N4O3. The van der Waals surface area contributed by atoms with Gasteiger partial charge in [0.15, 0.2) is 29.4 Å². The van der Waals surface area contributed by atoms with Crippen molar-refractivity contribution >= 4 is 11.9 Å². The molecule has 2 fully saturated rings. The van der Waals surface area contributed by atoms with Crippen molar-refractivity contribution in [2.45, 2.75) is 44.8 Å². The topological polar surface area (TPSA) is 61.1 Å². The van der Waals surface area contributed by atoms with Crippen molar-refractivity contribution in [3.05, 3.63) is 82.7 Å². The van der Waals surface area contributed by atoms with Crippen LogP contribution in [0.2, 0.25) is 0 Å². The van der Waals surface area contributed by atoms with Crippen LogP contribution in [0.1, 0.15) is 48.5 Å². The zero-order chi connectivity index (χ0) is 27.8. The second-order valence-electron chi connectivity index (χ2n) is 10.5. The molecule has 1 aromatic heterocycles. The third-order valence-electron chi connectivity index (χ3n) is 7.93. The SMILES string of the molecule is COc1cc(C=C2CCCN3C2=NOC(C2CCOCC2)[C@@H]3c2cc(F)c(F)c(F)c2)ccc1-n1cnc(C)c1. The van der Waals surface area contributed by atoms with Crippen LogP contribution in [-0.4, -0.2) is 53.3 Å². The lowest BCUT2D eigenvalue weighted by Gasteiger charge is -2.46. The average Bonchev–Trinajstić information content (AvgIpc) is 3.41. The number of hydrogen-bond donors (Lipinski definition) is 0. The number of nitrogens with zero attached hydrogens (tertiary/aromatic N) is 4. The first-order valence-electron chi connectivity index (χ1n) is 13.6. The van der Waals surface area contributed by atoms with Crippen LogP contribution in [0, 0.1) is 30.3 Å². The molecule has 2 atom stereocenters. The Balaban J connectivity index is 1.37. The normalized spacial score (nSPS) is 22.6. The minimum atomic E-state index is -1.47. The highest BCUT2D eigenvalue weighted by Crippen LogP contribution is 2.42. The summed E-state index contributed by atoms with van der Waals surface area (Å²) in [5.41, 5.74) is 3.97. The lowest BCUT2D eigenvalue weighted by molar-refractivity contribution is -0.0817. The monoisotopic (exact) mass is 552 g/mol. The third kappa shape index (κ3) is 4.96. The number of piperidine rings is 1. The molecule has 1 unspecified atom stereocenters. The van der Waals surface area contributed by atoms with E-state index in [0.29, 0.717) is 36.9 Å². The quantitative estimate of drug-likeness (QED) is 0.365. The number of benzene rings is 2. The van der Waals surface area contributed by atoms with Crippen molar-refractivity contribution in [2.75, 3.05) is 26.9 Å². The highest BCUT2D eigenvalue weighted by molar-refractivity contribution is 6.03. The molecule has 3 aliphatic rings. The molecule has 0 radical (unpaired) electrons. The van der Waals surface area contributed by atoms with E-state index in [9.17, 15) is 13.2 Å². The fraction of sp³-hybridized carbons (Fsp3) is 0.400. The minimum absolute atomic E-state index is 0.0817. The van der Waals surface area contributed by atoms with Crippen molar-refractivity contribution in [3.8, 4) is 11.4 Å². The summed E-state index contributed by atoms with van der Waals surface area (Å²) in [4.78, 5) is 12.5. The summed E-state index contributed by atoms with van der Waals surface area (Å²) in [6.07, 6.45) is 8.33. The van der Waals surface area contributed by atoms with Crippen LogP contribution in [0.3, 0.4) is 0 Å². The van der Waals surface area contributed by atoms with Gasteiger partial charge in [-0.3, -0.25) is 0 Å². The first-order valence-corrected chi connectivity index (χ1v) is 13.6. The van der Waals surface area contributed by atoms with Gasteiger partial charge in [0.2, 0.25) is 0 Å². The molecule has 0 N–H and O–H groups in total. The second kappa shape index (κ2) is 11.0. The van der Waals surface area contributed by atoms with E-state index in [1.807, 2.05) is 42.0 Å². The van der Waals surface area contributed by atoms with Crippen LogP contribution in [0.4, 0.5) is 13.2 Å². The number of rotatable bonds is 5. The fourth-order valence-corrected chi connectivity index (χ4v) is 5.96. The van der Waals surface area contributed by atoms with E-state index < -0.39 is 29.6 Å². The van der Waals surface area contributed by atoms with Gasteiger partial charge in [0.1, 0.15) is 5.75 Å². The van der Waals surface area contributed by atoms with Gasteiger partial charge in [0.25, 0.3) is 0 Å². The Labute approximate surface area is 230 Å². The Kier molecular flexibility index (Phi) is 7.27. The van der Waals surface area contributed by atoms with E-state index in [-0.39, 0.29) is 5.92 Å². The lowest BCUT2D eigenvalue weighted by atomic mass is 9.83. The predicted molar refractivity (Wildman–Crippen MR) is 144 cm³/mol. The number of halogens is 3. The van der Waals surface area contributed by atoms with Crippen molar-refractivity contribution in [1.29, 1.82) is 0 Å². The maximum atomic E-state index is 14.4. The van der Waals surface area contributed by atoms with E-state index in [1.54, 1.807) is 13.4 Å². The van der Waals surface area contributed by atoms with Gasteiger partial charge in [0, 0.05) is 31.9 Å². The smallest absolute Gasteiger partial charge is 0.194 e. The van der Waals surface area contributed by atoms with Crippen LogP contribution >= 0.6 is 0 Å². The Hall–Kier alpha value is -3.79. The van der Waals surface area contributed by atoms with Gasteiger partial charge >= 0.3 is 0 Å². The number of imidazole rings is 1. The predicted octanol–water partition coefficient (Wildman–Crippen LogP) is 5.97. The lowest BCUT2D eigenvalue weighted by Crippen LogP contribution is -2.51. The molecule has 6 rings (SSSR count). The molecule has 3 aliphatic heterocycles. The molecule has 7 nitrogen and oxygen atoms in total. The molecule has 0 amide bonds. The molecule has 0 bridgehead atoms. The first kappa shape index (κ1) is 26.4. The van der Waals surface area contributed by atoms with Crippen molar-refractivity contribution < 1.29 is 27.5 Å². The average molecular weight is 553 g/mol. The zero-order valence-electron chi connectivity index (χ0n) is 22.4. The first-order chi connectivity index (χ1) is 19.4. The van der Waals surface area contributed by atoms with Crippen LogP contribution < -0.4 is 4.74 Å². The van der Waals surface area contributed by atoms with E-state index >= 15 is 0 Å². The standard InChI is InChI=1S/C30H31F3N4O3/c1-18-16-36(17-34-18)25-6-5-19(13-26(25)38-2)12-21-4-3-9-37-28(22-14-23(31)27(33)24(32)15-22)29(40-35-30(21)37)20-7-10-39-11-8-20/h5-6,12-17,20,28-29H,3-4,7-11H2,1-2H3/t28-,29?/m0/s1. The number of methoxy groups -OCH3 is 1. The van der Waals surface area contributed by atoms with Gasteiger partial charge in [-0.2, -0.15) is 0 Å². The van der Waals surface area contributed by atoms with Gasteiger partial charge in [-0.05, 0) is 79.6 Å². The van der Waals surface area contributed by atoms with E-state index in [1.165, 1.54) is 0 Å². The molecule has 0 spiro atoms. The minimum Gasteiger partial charge on any atom is -0.495 e. The van der Waals surface area contributed by atoms with Gasteiger partial charge in [-0.15, -0.1) is 0 Å². The highest BCUT2D eigenvalue weighted by atomic mass is 19.2. The largest absolute Gasteiger partial charge is 0.495 e. The van der Waals surface area contributed by atoms with Crippen molar-refractivity contribution in [2.24, 2.45) is 11.1 Å². The second-order valence-corrected chi connectivity index (χ2v) is 10.5. The third-order valence-corrected chi connectivity index (χ3v) is 7.93. The summed E-state index contributed by atoms with van der Waals surface area (Å²) in [6.45, 7) is 3.73. The van der Waals surface area contributed by atoms with Gasteiger partial charge < -0.3 is 23.8 Å². The van der Waals surface area contributed by atoms with E-state index in [4.69, 9.17) is 14.3 Å². The Bertz CT molecular complexity index is 1440. The van der Waals surface area contributed by atoms with E-state index in [2.05, 4.69) is 15.0 Å². The Morgan fingerprint density at radius 2 is 1.85 bits per heavy atom. The zero-order valence-corrected chi connectivity index (χ0v) is 22.4. The maximum Gasteiger partial charge on any atom is 0.194 e. The summed E-state index contributed by atoms with van der Waals surface area (Å²) in [5.74, 6) is -2.50. The highest BCUT2D eigenvalue weighted by Gasteiger charge is 2.44. The number of ether oxygens (including phenoxy) is 2. The molecule has 2 saturated heterocycles. The number of aromatic nitrogens is 2. The van der Waals surface area contributed by atoms with Crippen LogP contribution in [0.25, 0.3) is 11.8 Å². The summed E-state index contributed by atoms with van der Waals surface area (Å²) in [7, 11) is 1.63. The Morgan fingerprint density at radius 3 is 2.55 bits per heavy atom. The summed E-state index contributed by atoms with van der Waals surface area (Å²) in [5, 5.41) is 4.56. The van der Waals surface area contributed by atoms with Gasteiger partial charge in [-0.25, -0.2) is 18.2 Å². The van der Waals surface area contributed by atoms with Crippen molar-refractivity contribution in [1.82, 2.24) is 14.5 Å². The number of oxime groups is 1. The van der Waals surface area contributed by atoms with Crippen LogP contribution in [-0.2, 0) is 9.57 Å². The van der Waals surface area contributed by atoms with Gasteiger partial charge in [0.05, 0.1) is 30.9 Å². The number of hydrogen-bond acceptors (Lipinski definition) is 6. The molecule has 10 heteroatoms. The molecule has 40 heavy (non-hydrogen) atoms. The van der Waals surface area contributed by atoms with Crippen LogP contribution in [0.5, 0.6) is 5.75 Å². The number of aryl methyl sites for hydroxylation is 1. The molecule has 2 aromatic carbocycles. The molecule has 0 saturated carbocycles. The molecule has 210 valence electrons. The number of amidine groups is 1.